The van der Waals surface area contributed by atoms with Gasteiger partial charge in [-0.1, -0.05) is 0 Å². The van der Waals surface area contributed by atoms with E-state index in [2.05, 4.69) is 15.3 Å². The lowest BCUT2D eigenvalue weighted by Crippen LogP contribution is -2.39. The number of nitrogens with one attached hydrogen (secondary N) is 1. The zero-order valence-electron chi connectivity index (χ0n) is 10.6. The molecule has 2 heterocycles. The van der Waals surface area contributed by atoms with Gasteiger partial charge < -0.3 is 21.7 Å². The van der Waals surface area contributed by atoms with E-state index in [0.29, 0.717) is 18.2 Å². The van der Waals surface area contributed by atoms with E-state index in [1.165, 1.54) is 0 Å². The SMILES string of the molecule is CNC(=O)C1(C)CCN(c2cc(N)nc(N)n2)C1. The molecule has 0 radical (unpaired) electrons. The number of carbonyl (C=O) groups is 1. The van der Waals surface area contributed by atoms with E-state index in [9.17, 15) is 4.79 Å². The molecular weight excluding hydrogens is 232 g/mol. The van der Waals surface area contributed by atoms with Crippen LogP contribution >= 0.6 is 0 Å². The van der Waals surface area contributed by atoms with Crippen LogP contribution in [0.4, 0.5) is 17.6 Å². The fourth-order valence-corrected chi connectivity index (χ4v) is 2.28. The van der Waals surface area contributed by atoms with Crippen molar-refractivity contribution in [3.8, 4) is 0 Å². The van der Waals surface area contributed by atoms with E-state index < -0.39 is 5.41 Å². The molecule has 1 saturated heterocycles. The zero-order chi connectivity index (χ0) is 13.3. The molecule has 5 N–H and O–H groups in total. The number of nitrogens with zero attached hydrogens (tertiary/aromatic N) is 3. The molecule has 0 aliphatic carbocycles. The third-order valence-electron chi connectivity index (χ3n) is 3.32. The van der Waals surface area contributed by atoms with Gasteiger partial charge in [0.1, 0.15) is 11.6 Å². The first kappa shape index (κ1) is 12.4. The number of aromatic nitrogens is 2. The molecule has 1 unspecified atom stereocenters. The molecule has 1 amide bonds. The van der Waals surface area contributed by atoms with Crippen LogP contribution in [0.3, 0.4) is 0 Å². The van der Waals surface area contributed by atoms with Crippen molar-refractivity contribution < 1.29 is 4.79 Å². The van der Waals surface area contributed by atoms with Gasteiger partial charge in [0.2, 0.25) is 11.9 Å². The largest absolute Gasteiger partial charge is 0.383 e. The fraction of sp³-hybridized carbons (Fsp3) is 0.545. The van der Waals surface area contributed by atoms with Gasteiger partial charge in [0.15, 0.2) is 0 Å². The van der Waals surface area contributed by atoms with Gasteiger partial charge in [-0.15, -0.1) is 0 Å². The molecule has 1 aliphatic rings. The van der Waals surface area contributed by atoms with Gasteiger partial charge in [-0.2, -0.15) is 9.97 Å². The summed E-state index contributed by atoms with van der Waals surface area (Å²) >= 11 is 0. The van der Waals surface area contributed by atoms with E-state index in [1.807, 2.05) is 11.8 Å². The highest BCUT2D eigenvalue weighted by Gasteiger charge is 2.40. The molecule has 1 aromatic rings. The monoisotopic (exact) mass is 250 g/mol. The Kier molecular flexibility index (Phi) is 2.98. The highest BCUT2D eigenvalue weighted by Crippen LogP contribution is 2.33. The molecule has 7 nitrogen and oxygen atoms in total. The van der Waals surface area contributed by atoms with E-state index in [-0.39, 0.29) is 11.9 Å². The number of nitrogens with two attached hydrogens (primary N) is 2. The average molecular weight is 250 g/mol. The van der Waals surface area contributed by atoms with Crippen LogP contribution < -0.4 is 21.7 Å². The van der Waals surface area contributed by atoms with Crippen LogP contribution in [0.15, 0.2) is 6.07 Å². The molecule has 7 heteroatoms. The third kappa shape index (κ3) is 2.15. The molecule has 1 atom stereocenters. The van der Waals surface area contributed by atoms with Crippen molar-refractivity contribution >= 4 is 23.5 Å². The standard InChI is InChI=1S/C11H18N6O/c1-11(9(18)14-2)3-4-17(6-11)8-5-7(12)15-10(13)16-8/h5H,3-4,6H2,1-2H3,(H,14,18)(H4,12,13,15,16). The van der Waals surface area contributed by atoms with Crippen molar-refractivity contribution in [2.75, 3.05) is 36.5 Å². The summed E-state index contributed by atoms with van der Waals surface area (Å²) < 4.78 is 0. The van der Waals surface area contributed by atoms with E-state index in [1.54, 1.807) is 13.1 Å². The maximum atomic E-state index is 11.8. The highest BCUT2D eigenvalue weighted by atomic mass is 16.2. The first-order valence-corrected chi connectivity index (χ1v) is 5.82. The second-order valence-corrected chi connectivity index (χ2v) is 4.82. The summed E-state index contributed by atoms with van der Waals surface area (Å²) in [6.07, 6.45) is 0.774. The molecule has 18 heavy (non-hydrogen) atoms. The molecule has 98 valence electrons. The number of carbonyl (C=O) groups excluding carboxylic acids is 1. The summed E-state index contributed by atoms with van der Waals surface area (Å²) in [5, 5.41) is 2.69. The van der Waals surface area contributed by atoms with Crippen LogP contribution in [0.1, 0.15) is 13.3 Å². The van der Waals surface area contributed by atoms with E-state index in [4.69, 9.17) is 11.5 Å². The van der Waals surface area contributed by atoms with Gasteiger partial charge in [0.25, 0.3) is 0 Å². The maximum absolute atomic E-state index is 11.8. The Hall–Kier alpha value is -2.05. The van der Waals surface area contributed by atoms with Gasteiger partial charge >= 0.3 is 0 Å². The molecule has 0 bridgehead atoms. The Balaban J connectivity index is 2.20. The van der Waals surface area contributed by atoms with Crippen LogP contribution in [-0.2, 0) is 4.79 Å². The van der Waals surface area contributed by atoms with E-state index in [0.717, 1.165) is 13.0 Å². The van der Waals surface area contributed by atoms with Crippen molar-refractivity contribution in [1.82, 2.24) is 15.3 Å². The second-order valence-electron chi connectivity index (χ2n) is 4.82. The third-order valence-corrected chi connectivity index (χ3v) is 3.32. The van der Waals surface area contributed by atoms with Gasteiger partial charge in [-0.25, -0.2) is 0 Å². The molecular formula is C11H18N6O. The number of hydrogen-bond donors (Lipinski definition) is 3. The van der Waals surface area contributed by atoms with Crippen molar-refractivity contribution in [3.05, 3.63) is 6.07 Å². The van der Waals surface area contributed by atoms with Gasteiger partial charge in [0.05, 0.1) is 5.41 Å². The lowest BCUT2D eigenvalue weighted by molar-refractivity contribution is -0.128. The second kappa shape index (κ2) is 4.32. The Morgan fingerprint density at radius 1 is 1.50 bits per heavy atom. The summed E-state index contributed by atoms with van der Waals surface area (Å²) in [4.78, 5) is 21.8. The van der Waals surface area contributed by atoms with Crippen LogP contribution in [0.2, 0.25) is 0 Å². The maximum Gasteiger partial charge on any atom is 0.227 e. The Morgan fingerprint density at radius 2 is 2.22 bits per heavy atom. The number of nitrogen functional groups attached to an aromatic ring is 2. The normalized spacial score (nSPS) is 23.1. The summed E-state index contributed by atoms with van der Waals surface area (Å²) in [5.41, 5.74) is 10.8. The van der Waals surface area contributed by atoms with E-state index >= 15 is 0 Å². The molecule has 0 saturated carbocycles. The Morgan fingerprint density at radius 3 is 2.83 bits per heavy atom. The number of amides is 1. The van der Waals surface area contributed by atoms with Gasteiger partial charge in [0, 0.05) is 26.2 Å². The molecule has 0 spiro atoms. The van der Waals surface area contributed by atoms with Gasteiger partial charge in [-0.3, -0.25) is 4.79 Å². The Bertz CT molecular complexity index is 456. The summed E-state index contributed by atoms with van der Waals surface area (Å²) in [6, 6.07) is 1.67. The highest BCUT2D eigenvalue weighted by molar-refractivity contribution is 5.83. The quantitative estimate of drug-likeness (QED) is 0.659. The summed E-state index contributed by atoms with van der Waals surface area (Å²) in [5.74, 6) is 1.21. The molecule has 2 rings (SSSR count). The smallest absolute Gasteiger partial charge is 0.227 e. The molecule has 0 aromatic carbocycles. The Labute approximate surface area is 106 Å². The first-order valence-electron chi connectivity index (χ1n) is 5.82. The van der Waals surface area contributed by atoms with Gasteiger partial charge in [-0.05, 0) is 13.3 Å². The van der Waals surface area contributed by atoms with Crippen molar-refractivity contribution in [3.63, 3.8) is 0 Å². The van der Waals surface area contributed by atoms with Crippen molar-refractivity contribution in [2.24, 2.45) is 5.41 Å². The average Bonchev–Trinajstić information content (AvgIpc) is 2.71. The topological polar surface area (TPSA) is 110 Å². The van der Waals surface area contributed by atoms with Crippen LogP contribution in [0.25, 0.3) is 0 Å². The minimum atomic E-state index is -0.400. The van der Waals surface area contributed by atoms with Crippen molar-refractivity contribution in [2.45, 2.75) is 13.3 Å². The lowest BCUT2D eigenvalue weighted by atomic mass is 9.89. The predicted octanol–water partition coefficient (Wildman–Crippen LogP) is -0.397. The number of anilines is 3. The number of rotatable bonds is 2. The van der Waals surface area contributed by atoms with Crippen LogP contribution in [0.5, 0.6) is 0 Å². The molecule has 1 aliphatic heterocycles. The minimum Gasteiger partial charge on any atom is -0.383 e. The zero-order valence-corrected chi connectivity index (χ0v) is 10.6. The lowest BCUT2D eigenvalue weighted by Gasteiger charge is -2.23. The van der Waals surface area contributed by atoms with Crippen LogP contribution in [0, 0.1) is 5.41 Å². The molecule has 1 fully saturated rings. The minimum absolute atomic E-state index is 0.0417. The first-order chi connectivity index (χ1) is 8.44. The molecule has 1 aromatic heterocycles. The van der Waals surface area contributed by atoms with Crippen molar-refractivity contribution in [1.29, 1.82) is 0 Å². The predicted molar refractivity (Wildman–Crippen MR) is 69.9 cm³/mol. The number of hydrogen-bond acceptors (Lipinski definition) is 6. The summed E-state index contributed by atoms with van der Waals surface area (Å²) in [7, 11) is 1.65. The fourth-order valence-electron chi connectivity index (χ4n) is 2.28. The summed E-state index contributed by atoms with van der Waals surface area (Å²) in [6.45, 7) is 3.29. The van der Waals surface area contributed by atoms with Crippen LogP contribution in [-0.4, -0.2) is 36.0 Å².